The number of aromatic nitrogens is 1. The van der Waals surface area contributed by atoms with Gasteiger partial charge in [0, 0.05) is 30.4 Å². The molecule has 2 aromatic rings. The molecule has 4 nitrogen and oxygen atoms in total. The second-order valence-corrected chi connectivity index (χ2v) is 4.74. The highest BCUT2D eigenvalue weighted by molar-refractivity contribution is 5.94. The lowest BCUT2D eigenvalue weighted by molar-refractivity contribution is 0.0950. The van der Waals surface area contributed by atoms with E-state index in [-0.39, 0.29) is 5.91 Å². The second-order valence-electron chi connectivity index (χ2n) is 4.74. The molecule has 0 aliphatic carbocycles. The first-order valence-electron chi connectivity index (χ1n) is 6.68. The Hall–Kier alpha value is -2.20. The Balaban J connectivity index is 1.97. The van der Waals surface area contributed by atoms with E-state index in [0.29, 0.717) is 25.1 Å². The van der Waals surface area contributed by atoms with Gasteiger partial charge in [0.1, 0.15) is 0 Å². The maximum atomic E-state index is 12.1. The lowest BCUT2D eigenvalue weighted by Gasteiger charge is -2.07. The number of hydrogen-bond donors (Lipinski definition) is 2. The fourth-order valence-electron chi connectivity index (χ4n) is 1.89. The van der Waals surface area contributed by atoms with Crippen LogP contribution in [0, 0.1) is 6.92 Å². The molecule has 0 saturated carbocycles. The van der Waals surface area contributed by atoms with Crippen molar-refractivity contribution >= 4 is 5.91 Å². The van der Waals surface area contributed by atoms with Crippen molar-refractivity contribution in [1.82, 2.24) is 10.3 Å². The first kappa shape index (κ1) is 14.2. The minimum Gasteiger partial charge on any atom is -0.348 e. The highest BCUT2D eigenvalue weighted by atomic mass is 16.1. The minimum absolute atomic E-state index is 0.0914. The van der Waals surface area contributed by atoms with Gasteiger partial charge in [-0.2, -0.15) is 0 Å². The van der Waals surface area contributed by atoms with E-state index in [9.17, 15) is 4.79 Å². The molecule has 0 radical (unpaired) electrons. The molecule has 3 N–H and O–H groups in total. The smallest absolute Gasteiger partial charge is 0.251 e. The van der Waals surface area contributed by atoms with Crippen molar-refractivity contribution in [2.24, 2.45) is 5.73 Å². The number of nitrogens with two attached hydrogens (primary N) is 1. The van der Waals surface area contributed by atoms with Crippen molar-refractivity contribution < 1.29 is 4.79 Å². The average Bonchev–Trinajstić information content (AvgIpc) is 2.47. The van der Waals surface area contributed by atoms with Gasteiger partial charge in [-0.25, -0.2) is 0 Å². The van der Waals surface area contributed by atoms with Crippen LogP contribution in [0.15, 0.2) is 42.6 Å². The van der Waals surface area contributed by atoms with E-state index in [2.05, 4.69) is 10.3 Å². The van der Waals surface area contributed by atoms with Gasteiger partial charge in [-0.05, 0) is 31.2 Å². The molecule has 2 rings (SSSR count). The van der Waals surface area contributed by atoms with Gasteiger partial charge in [0.15, 0.2) is 0 Å². The fourth-order valence-corrected chi connectivity index (χ4v) is 1.89. The van der Waals surface area contributed by atoms with Crippen LogP contribution in [-0.2, 0) is 13.0 Å². The van der Waals surface area contributed by atoms with E-state index in [1.54, 1.807) is 18.3 Å². The molecule has 1 amide bonds. The molecule has 0 atom stereocenters. The van der Waals surface area contributed by atoms with Gasteiger partial charge in [0.2, 0.25) is 0 Å². The minimum atomic E-state index is -0.0914. The van der Waals surface area contributed by atoms with Crippen LogP contribution in [0.25, 0.3) is 0 Å². The first-order valence-corrected chi connectivity index (χ1v) is 6.68. The van der Waals surface area contributed by atoms with Gasteiger partial charge in [0.05, 0.1) is 0 Å². The topological polar surface area (TPSA) is 68.0 Å². The molecule has 4 heteroatoms. The molecule has 0 saturated heterocycles. The summed E-state index contributed by atoms with van der Waals surface area (Å²) in [4.78, 5) is 16.3. The Labute approximate surface area is 119 Å². The zero-order valence-corrected chi connectivity index (χ0v) is 11.6. The number of hydrogen-bond acceptors (Lipinski definition) is 3. The number of amides is 1. The van der Waals surface area contributed by atoms with Gasteiger partial charge in [-0.3, -0.25) is 9.78 Å². The third-order valence-corrected chi connectivity index (χ3v) is 3.05. The van der Waals surface area contributed by atoms with Crippen LogP contribution in [0.4, 0.5) is 0 Å². The van der Waals surface area contributed by atoms with Crippen LogP contribution in [0.2, 0.25) is 0 Å². The average molecular weight is 269 g/mol. The number of benzene rings is 1. The SMILES string of the molecule is Cc1ccc(CNC(=O)c2ccnc(CCN)c2)cc1. The van der Waals surface area contributed by atoms with Crippen molar-refractivity contribution in [3.63, 3.8) is 0 Å². The molecule has 0 aliphatic heterocycles. The predicted octanol–water partition coefficient (Wildman–Crippen LogP) is 1.82. The first-order chi connectivity index (χ1) is 9.69. The molecule has 0 spiro atoms. The highest BCUT2D eigenvalue weighted by Gasteiger charge is 2.06. The van der Waals surface area contributed by atoms with Crippen LogP contribution in [-0.4, -0.2) is 17.4 Å². The lowest BCUT2D eigenvalue weighted by Crippen LogP contribution is -2.23. The number of nitrogens with one attached hydrogen (secondary N) is 1. The van der Waals surface area contributed by atoms with E-state index in [1.165, 1.54) is 5.56 Å². The van der Waals surface area contributed by atoms with E-state index >= 15 is 0 Å². The van der Waals surface area contributed by atoms with Crippen molar-refractivity contribution in [2.45, 2.75) is 19.9 Å². The number of pyridine rings is 1. The van der Waals surface area contributed by atoms with Crippen LogP contribution in [0.1, 0.15) is 27.2 Å². The van der Waals surface area contributed by atoms with Crippen molar-refractivity contribution in [2.75, 3.05) is 6.54 Å². The zero-order chi connectivity index (χ0) is 14.4. The Morgan fingerprint density at radius 1 is 1.25 bits per heavy atom. The summed E-state index contributed by atoms with van der Waals surface area (Å²) in [5, 5.41) is 2.91. The van der Waals surface area contributed by atoms with Gasteiger partial charge in [-0.15, -0.1) is 0 Å². The second kappa shape index (κ2) is 6.82. The standard InChI is InChI=1S/C16H19N3O/c1-12-2-4-13(5-3-12)11-19-16(20)14-7-9-18-15(10-14)6-8-17/h2-5,7,9-10H,6,8,11,17H2,1H3,(H,19,20). The molecular formula is C16H19N3O. The summed E-state index contributed by atoms with van der Waals surface area (Å²) in [5.74, 6) is -0.0914. The predicted molar refractivity (Wildman–Crippen MR) is 79.3 cm³/mol. The molecule has 0 unspecified atom stereocenters. The third kappa shape index (κ3) is 3.90. The van der Waals surface area contributed by atoms with Crippen LogP contribution in [0.3, 0.4) is 0 Å². The number of aryl methyl sites for hydroxylation is 1. The maximum Gasteiger partial charge on any atom is 0.251 e. The fraction of sp³-hybridized carbons (Fsp3) is 0.250. The van der Waals surface area contributed by atoms with Gasteiger partial charge in [-0.1, -0.05) is 29.8 Å². The molecule has 0 fully saturated rings. The highest BCUT2D eigenvalue weighted by Crippen LogP contribution is 2.05. The van der Waals surface area contributed by atoms with Crippen molar-refractivity contribution in [3.05, 3.63) is 65.0 Å². The lowest BCUT2D eigenvalue weighted by atomic mass is 10.1. The molecule has 1 aromatic heterocycles. The monoisotopic (exact) mass is 269 g/mol. The van der Waals surface area contributed by atoms with Gasteiger partial charge >= 0.3 is 0 Å². The number of carbonyl (C=O) groups is 1. The summed E-state index contributed by atoms with van der Waals surface area (Å²) >= 11 is 0. The summed E-state index contributed by atoms with van der Waals surface area (Å²) in [6, 6.07) is 11.6. The summed E-state index contributed by atoms with van der Waals surface area (Å²) < 4.78 is 0. The maximum absolute atomic E-state index is 12.1. The molecule has 1 heterocycles. The summed E-state index contributed by atoms with van der Waals surface area (Å²) in [5.41, 5.74) is 9.25. The zero-order valence-electron chi connectivity index (χ0n) is 11.6. The van der Waals surface area contributed by atoms with Gasteiger partial charge < -0.3 is 11.1 Å². The Morgan fingerprint density at radius 2 is 2.00 bits per heavy atom. The summed E-state index contributed by atoms with van der Waals surface area (Å²) in [6.07, 6.45) is 2.32. The van der Waals surface area contributed by atoms with Crippen LogP contribution in [0.5, 0.6) is 0 Å². The van der Waals surface area contributed by atoms with Crippen LogP contribution < -0.4 is 11.1 Å². The molecular weight excluding hydrogens is 250 g/mol. The number of rotatable bonds is 5. The summed E-state index contributed by atoms with van der Waals surface area (Å²) in [7, 11) is 0. The third-order valence-electron chi connectivity index (χ3n) is 3.05. The molecule has 0 aliphatic rings. The Bertz CT molecular complexity index is 579. The normalized spacial score (nSPS) is 10.3. The Morgan fingerprint density at radius 3 is 2.70 bits per heavy atom. The van der Waals surface area contributed by atoms with E-state index in [4.69, 9.17) is 5.73 Å². The van der Waals surface area contributed by atoms with Crippen molar-refractivity contribution in [1.29, 1.82) is 0 Å². The van der Waals surface area contributed by atoms with E-state index in [1.807, 2.05) is 31.2 Å². The van der Waals surface area contributed by atoms with E-state index in [0.717, 1.165) is 11.3 Å². The molecule has 20 heavy (non-hydrogen) atoms. The summed E-state index contributed by atoms with van der Waals surface area (Å²) in [6.45, 7) is 3.09. The number of nitrogens with zero attached hydrogens (tertiary/aromatic N) is 1. The van der Waals surface area contributed by atoms with Crippen LogP contribution >= 0.6 is 0 Å². The Kier molecular flexibility index (Phi) is 4.85. The van der Waals surface area contributed by atoms with Gasteiger partial charge in [0.25, 0.3) is 5.91 Å². The number of carbonyl (C=O) groups excluding carboxylic acids is 1. The molecule has 0 bridgehead atoms. The quantitative estimate of drug-likeness (QED) is 0.870. The molecule has 104 valence electrons. The largest absolute Gasteiger partial charge is 0.348 e. The van der Waals surface area contributed by atoms with Crippen molar-refractivity contribution in [3.8, 4) is 0 Å². The van der Waals surface area contributed by atoms with E-state index < -0.39 is 0 Å². The molecule has 1 aromatic carbocycles.